The van der Waals surface area contributed by atoms with Gasteiger partial charge in [-0.05, 0) is 18.9 Å². The van der Waals surface area contributed by atoms with E-state index in [-0.39, 0.29) is 0 Å². The van der Waals surface area contributed by atoms with Crippen LogP contribution in [0.1, 0.15) is 37.4 Å². The van der Waals surface area contributed by atoms with Crippen LogP contribution in [0.15, 0.2) is 12.3 Å². The smallest absolute Gasteiger partial charge is 0.0776 e. The highest BCUT2D eigenvalue weighted by Gasteiger charge is 2.17. The first-order chi connectivity index (χ1) is 6.40. The van der Waals surface area contributed by atoms with E-state index in [1.165, 1.54) is 25.7 Å². The maximum Gasteiger partial charge on any atom is 0.0776 e. The van der Waals surface area contributed by atoms with Crippen molar-refractivity contribution in [2.24, 2.45) is 5.84 Å². The van der Waals surface area contributed by atoms with Gasteiger partial charge >= 0.3 is 0 Å². The van der Waals surface area contributed by atoms with Gasteiger partial charge in [0.1, 0.15) is 0 Å². The van der Waals surface area contributed by atoms with E-state index in [0.29, 0.717) is 12.6 Å². The first-order valence-electron chi connectivity index (χ1n) is 4.87. The molecule has 0 radical (unpaired) electrons. The molecule has 1 aliphatic carbocycles. The molecule has 0 saturated heterocycles. The minimum atomic E-state index is 0.631. The summed E-state index contributed by atoms with van der Waals surface area (Å²) in [5, 5.41) is 4.46. The minimum absolute atomic E-state index is 0.631. The van der Waals surface area contributed by atoms with Gasteiger partial charge < -0.3 is 0 Å². The molecule has 1 aromatic rings. The van der Waals surface area contributed by atoms with E-state index < -0.39 is 0 Å². The van der Waals surface area contributed by atoms with Crippen LogP contribution in [0.25, 0.3) is 0 Å². The largest absolute Gasteiger partial charge is 0.271 e. The van der Waals surface area contributed by atoms with Crippen molar-refractivity contribution >= 4 is 0 Å². The van der Waals surface area contributed by atoms with E-state index in [4.69, 9.17) is 5.84 Å². The van der Waals surface area contributed by atoms with Crippen LogP contribution in [-0.4, -0.2) is 9.78 Å². The number of aromatic nitrogens is 2. The van der Waals surface area contributed by atoms with Crippen LogP contribution in [0.3, 0.4) is 0 Å². The van der Waals surface area contributed by atoms with Gasteiger partial charge in [-0.3, -0.25) is 16.0 Å². The van der Waals surface area contributed by atoms with Crippen LogP contribution < -0.4 is 11.3 Å². The standard InChI is InChI=1S/C9H16N4/c10-11-7-8-5-6-13(12-8)9-3-1-2-4-9/h5-6,9,11H,1-4,7,10H2. The summed E-state index contributed by atoms with van der Waals surface area (Å²) in [6.07, 6.45) is 7.29. The fraction of sp³-hybridized carbons (Fsp3) is 0.667. The van der Waals surface area contributed by atoms with Crippen molar-refractivity contribution in [3.8, 4) is 0 Å². The predicted molar refractivity (Wildman–Crippen MR) is 50.8 cm³/mol. The van der Waals surface area contributed by atoms with Crippen molar-refractivity contribution in [2.75, 3.05) is 0 Å². The van der Waals surface area contributed by atoms with Gasteiger partial charge in [-0.25, -0.2) is 0 Å². The van der Waals surface area contributed by atoms with E-state index in [9.17, 15) is 0 Å². The first-order valence-corrected chi connectivity index (χ1v) is 4.87. The highest BCUT2D eigenvalue weighted by atomic mass is 15.3. The van der Waals surface area contributed by atoms with Gasteiger partial charge in [-0.15, -0.1) is 0 Å². The molecule has 1 fully saturated rings. The van der Waals surface area contributed by atoms with E-state index in [2.05, 4.69) is 21.4 Å². The van der Waals surface area contributed by atoms with Crippen LogP contribution in [0.2, 0.25) is 0 Å². The van der Waals surface area contributed by atoms with Crippen LogP contribution >= 0.6 is 0 Å². The quantitative estimate of drug-likeness (QED) is 0.538. The molecule has 0 unspecified atom stereocenters. The molecule has 1 heterocycles. The SMILES string of the molecule is NNCc1ccn(C2CCCC2)n1. The molecule has 4 heteroatoms. The van der Waals surface area contributed by atoms with Gasteiger partial charge in [0.25, 0.3) is 0 Å². The first kappa shape index (κ1) is 8.72. The van der Waals surface area contributed by atoms with Gasteiger partial charge in [0.2, 0.25) is 0 Å². The summed E-state index contributed by atoms with van der Waals surface area (Å²) in [7, 11) is 0. The molecule has 0 spiro atoms. The van der Waals surface area contributed by atoms with Gasteiger partial charge in [0, 0.05) is 6.20 Å². The monoisotopic (exact) mass is 180 g/mol. The summed E-state index contributed by atoms with van der Waals surface area (Å²) >= 11 is 0. The molecule has 2 rings (SSSR count). The highest BCUT2D eigenvalue weighted by molar-refractivity contribution is 4.99. The molecule has 4 nitrogen and oxygen atoms in total. The Morgan fingerprint density at radius 2 is 2.31 bits per heavy atom. The van der Waals surface area contributed by atoms with Gasteiger partial charge in [-0.2, -0.15) is 5.10 Å². The number of hydrogen-bond acceptors (Lipinski definition) is 3. The fourth-order valence-corrected chi connectivity index (χ4v) is 1.95. The molecule has 0 atom stereocenters. The van der Waals surface area contributed by atoms with Crippen LogP contribution in [0.5, 0.6) is 0 Å². The number of nitrogens with two attached hydrogens (primary N) is 1. The average molecular weight is 180 g/mol. The van der Waals surface area contributed by atoms with Crippen molar-refractivity contribution < 1.29 is 0 Å². The number of rotatable bonds is 3. The molecular formula is C9H16N4. The molecule has 13 heavy (non-hydrogen) atoms. The average Bonchev–Trinajstić information content (AvgIpc) is 2.70. The molecule has 3 N–H and O–H groups in total. The second-order valence-corrected chi connectivity index (χ2v) is 3.61. The van der Waals surface area contributed by atoms with Crippen molar-refractivity contribution in [2.45, 2.75) is 38.3 Å². The fourth-order valence-electron chi connectivity index (χ4n) is 1.95. The van der Waals surface area contributed by atoms with E-state index >= 15 is 0 Å². The second kappa shape index (κ2) is 3.89. The Morgan fingerprint density at radius 3 is 3.00 bits per heavy atom. The third kappa shape index (κ3) is 1.89. The third-order valence-electron chi connectivity index (χ3n) is 2.65. The molecule has 1 saturated carbocycles. The lowest BCUT2D eigenvalue weighted by Gasteiger charge is -2.08. The van der Waals surface area contributed by atoms with Crippen molar-refractivity contribution in [3.63, 3.8) is 0 Å². The van der Waals surface area contributed by atoms with Crippen LogP contribution in [0, 0.1) is 0 Å². The number of nitrogens with zero attached hydrogens (tertiary/aromatic N) is 2. The van der Waals surface area contributed by atoms with Gasteiger partial charge in [0.15, 0.2) is 0 Å². The lowest BCUT2D eigenvalue weighted by molar-refractivity contribution is 0.461. The van der Waals surface area contributed by atoms with Gasteiger partial charge in [-0.1, -0.05) is 12.8 Å². The zero-order valence-electron chi connectivity index (χ0n) is 7.74. The molecule has 1 aliphatic rings. The molecule has 0 bridgehead atoms. The highest BCUT2D eigenvalue weighted by Crippen LogP contribution is 2.28. The second-order valence-electron chi connectivity index (χ2n) is 3.61. The summed E-state index contributed by atoms with van der Waals surface area (Å²) in [6, 6.07) is 2.66. The molecular weight excluding hydrogens is 164 g/mol. The summed E-state index contributed by atoms with van der Waals surface area (Å²) in [5.41, 5.74) is 3.63. The Bertz CT molecular complexity index is 262. The summed E-state index contributed by atoms with van der Waals surface area (Å²) in [5.74, 6) is 5.22. The number of hydrazine groups is 1. The third-order valence-corrected chi connectivity index (χ3v) is 2.65. The zero-order chi connectivity index (χ0) is 9.10. The maximum absolute atomic E-state index is 5.22. The lowest BCUT2D eigenvalue weighted by Crippen LogP contribution is -2.21. The predicted octanol–water partition coefficient (Wildman–Crippen LogP) is 0.961. The van der Waals surface area contributed by atoms with Crippen molar-refractivity contribution in [1.82, 2.24) is 15.2 Å². The van der Waals surface area contributed by atoms with Crippen molar-refractivity contribution in [1.29, 1.82) is 0 Å². The Kier molecular flexibility index (Phi) is 2.61. The minimum Gasteiger partial charge on any atom is -0.271 e. The maximum atomic E-state index is 5.22. The lowest BCUT2D eigenvalue weighted by atomic mass is 10.3. The van der Waals surface area contributed by atoms with Crippen LogP contribution in [-0.2, 0) is 6.54 Å². The molecule has 0 aromatic carbocycles. The van der Waals surface area contributed by atoms with Crippen LogP contribution in [0.4, 0.5) is 0 Å². The summed E-state index contributed by atoms with van der Waals surface area (Å²) in [6.45, 7) is 0.653. The topological polar surface area (TPSA) is 55.9 Å². The summed E-state index contributed by atoms with van der Waals surface area (Å²) < 4.78 is 2.08. The van der Waals surface area contributed by atoms with E-state index in [1.54, 1.807) is 0 Å². The normalized spacial score (nSPS) is 18.2. The number of nitrogens with one attached hydrogen (secondary N) is 1. The Labute approximate surface area is 78.1 Å². The number of hydrogen-bond donors (Lipinski definition) is 2. The molecule has 1 aromatic heterocycles. The Morgan fingerprint density at radius 1 is 1.54 bits per heavy atom. The molecule has 0 aliphatic heterocycles. The summed E-state index contributed by atoms with van der Waals surface area (Å²) in [4.78, 5) is 0. The molecule has 72 valence electrons. The van der Waals surface area contributed by atoms with Crippen molar-refractivity contribution in [3.05, 3.63) is 18.0 Å². The molecule has 0 amide bonds. The zero-order valence-corrected chi connectivity index (χ0v) is 7.74. The van der Waals surface area contributed by atoms with Gasteiger partial charge in [0.05, 0.1) is 18.3 Å². The Hall–Kier alpha value is -0.870. The Balaban J connectivity index is 2.03. The van der Waals surface area contributed by atoms with E-state index in [0.717, 1.165) is 5.69 Å². The van der Waals surface area contributed by atoms with E-state index in [1.807, 2.05) is 6.07 Å².